The molecule has 0 heteroatoms. The molecular formula is C26H52. The zero-order valence-electron chi connectivity index (χ0n) is 20.6. The van der Waals surface area contributed by atoms with Crippen molar-refractivity contribution >= 4 is 0 Å². The lowest BCUT2D eigenvalue weighted by Crippen LogP contribution is -2.41. The van der Waals surface area contributed by atoms with E-state index >= 15 is 0 Å². The van der Waals surface area contributed by atoms with Crippen LogP contribution in [-0.2, 0) is 0 Å². The highest BCUT2D eigenvalue weighted by molar-refractivity contribution is 4.92. The molecule has 0 aliphatic heterocycles. The highest BCUT2D eigenvalue weighted by Crippen LogP contribution is 2.47. The quantitative estimate of drug-likeness (QED) is 0.322. The second-order valence-electron chi connectivity index (χ2n) is 10.9. The van der Waals surface area contributed by atoms with Gasteiger partial charge in [0.25, 0.3) is 0 Å². The number of rotatable bonds is 11. The minimum absolute atomic E-state index is 0.330. The van der Waals surface area contributed by atoms with E-state index in [0.29, 0.717) is 29.1 Å². The van der Waals surface area contributed by atoms with E-state index < -0.39 is 0 Å². The minimum atomic E-state index is 0.330. The van der Waals surface area contributed by atoms with Gasteiger partial charge in [0, 0.05) is 0 Å². The van der Waals surface area contributed by atoms with Crippen LogP contribution in [0.25, 0.3) is 0 Å². The predicted molar refractivity (Wildman–Crippen MR) is 121 cm³/mol. The lowest BCUT2D eigenvalue weighted by molar-refractivity contribution is 0.0178. The normalized spacial score (nSPS) is 23.5. The maximum atomic E-state index is 4.03. The van der Waals surface area contributed by atoms with Crippen LogP contribution in [0.2, 0.25) is 0 Å². The third kappa shape index (κ3) is 5.87. The molecule has 0 aliphatic rings. The molecule has 0 nitrogen and oxygen atoms in total. The first-order valence-corrected chi connectivity index (χ1v) is 11.3. The Hall–Kier alpha value is -0.260. The number of hydrogen-bond acceptors (Lipinski definition) is 0. The van der Waals surface area contributed by atoms with Crippen molar-refractivity contribution in [3.8, 4) is 0 Å². The number of hydrogen-bond donors (Lipinski definition) is 0. The van der Waals surface area contributed by atoms with Crippen LogP contribution in [0.4, 0.5) is 0 Å². The molecule has 0 aromatic rings. The second-order valence-corrected chi connectivity index (χ2v) is 10.9. The molecule has 0 radical (unpaired) electrons. The Balaban J connectivity index is 5.27. The zero-order valence-corrected chi connectivity index (χ0v) is 20.6. The second kappa shape index (κ2) is 10.3. The minimum Gasteiger partial charge on any atom is -0.103 e. The van der Waals surface area contributed by atoms with Gasteiger partial charge in [-0.15, -0.1) is 6.58 Å². The van der Waals surface area contributed by atoms with E-state index in [1.807, 2.05) is 0 Å². The van der Waals surface area contributed by atoms with Crippen LogP contribution in [0.3, 0.4) is 0 Å². The fraction of sp³-hybridized carbons (Fsp3) is 0.923. The predicted octanol–water partition coefficient (Wildman–Crippen LogP) is 8.58. The van der Waals surface area contributed by atoms with E-state index in [-0.39, 0.29) is 0 Å². The van der Waals surface area contributed by atoms with Crippen molar-refractivity contribution in [1.82, 2.24) is 0 Å². The molecule has 0 spiro atoms. The third-order valence-corrected chi connectivity index (χ3v) is 9.49. The molecule has 9 atom stereocenters. The summed E-state index contributed by atoms with van der Waals surface area (Å²) < 4.78 is 0. The van der Waals surface area contributed by atoms with Gasteiger partial charge in [0.1, 0.15) is 0 Å². The Morgan fingerprint density at radius 1 is 0.538 bits per heavy atom. The van der Waals surface area contributed by atoms with Gasteiger partial charge in [-0.3, -0.25) is 0 Å². The van der Waals surface area contributed by atoms with Gasteiger partial charge in [0.15, 0.2) is 0 Å². The molecule has 0 N–H and O–H groups in total. The molecule has 0 heterocycles. The molecule has 0 amide bonds. The fourth-order valence-corrected chi connectivity index (χ4v) is 4.94. The zero-order chi connectivity index (χ0) is 21.0. The van der Waals surface area contributed by atoms with Crippen molar-refractivity contribution in [3.05, 3.63) is 12.7 Å². The molecular weight excluding hydrogens is 312 g/mol. The van der Waals surface area contributed by atoms with Gasteiger partial charge >= 0.3 is 0 Å². The first kappa shape index (κ1) is 25.7. The van der Waals surface area contributed by atoms with Crippen LogP contribution in [0.15, 0.2) is 12.7 Å². The molecule has 0 aromatic carbocycles. The Bertz CT molecular complexity index is 404. The lowest BCUT2D eigenvalue weighted by Gasteiger charge is -2.47. The molecule has 0 aliphatic carbocycles. The van der Waals surface area contributed by atoms with Gasteiger partial charge in [-0.1, -0.05) is 96.1 Å². The lowest BCUT2D eigenvalue weighted by atomic mass is 9.58. The van der Waals surface area contributed by atoms with Crippen molar-refractivity contribution in [2.75, 3.05) is 0 Å². The van der Waals surface area contributed by atoms with Gasteiger partial charge in [0.05, 0.1) is 0 Å². The average molecular weight is 365 g/mol. The maximum absolute atomic E-state index is 4.03. The van der Waals surface area contributed by atoms with E-state index in [1.165, 1.54) is 0 Å². The molecule has 0 fully saturated rings. The van der Waals surface area contributed by atoms with Gasteiger partial charge in [0.2, 0.25) is 0 Å². The van der Waals surface area contributed by atoms with Gasteiger partial charge in [-0.05, 0) is 64.6 Å². The maximum Gasteiger partial charge on any atom is -0.0236 e. The molecule has 0 saturated carbocycles. The molecule has 9 unspecified atom stereocenters. The molecule has 26 heavy (non-hydrogen) atoms. The first-order chi connectivity index (χ1) is 11.7. The standard InChI is InChI=1S/C26H52/c1-15-17(4)19(6)24(11)26(13,14)25(12)23(10)22(9)21(8)20(7)18(5)16(2)3/h15-25H,1H2,2-14H3. The summed E-state index contributed by atoms with van der Waals surface area (Å²) in [6.07, 6.45) is 2.13. The molecule has 0 saturated heterocycles. The average Bonchev–Trinajstić information content (AvgIpc) is 2.61. The Kier molecular flexibility index (Phi) is 10.2. The van der Waals surface area contributed by atoms with Crippen LogP contribution in [-0.4, -0.2) is 0 Å². The van der Waals surface area contributed by atoms with E-state index in [0.717, 1.165) is 35.5 Å². The van der Waals surface area contributed by atoms with Gasteiger partial charge in [-0.2, -0.15) is 0 Å². The summed E-state index contributed by atoms with van der Waals surface area (Å²) in [5.41, 5.74) is 0.330. The van der Waals surface area contributed by atoms with Crippen LogP contribution in [0.5, 0.6) is 0 Å². The highest BCUT2D eigenvalue weighted by Gasteiger charge is 2.41. The van der Waals surface area contributed by atoms with E-state index in [1.54, 1.807) is 0 Å². The molecule has 0 rings (SSSR count). The first-order valence-electron chi connectivity index (χ1n) is 11.3. The summed E-state index contributed by atoms with van der Waals surface area (Å²) in [5.74, 6) is 7.22. The monoisotopic (exact) mass is 364 g/mol. The van der Waals surface area contributed by atoms with Gasteiger partial charge < -0.3 is 0 Å². The van der Waals surface area contributed by atoms with Crippen LogP contribution in [0, 0.1) is 64.6 Å². The van der Waals surface area contributed by atoms with Crippen LogP contribution < -0.4 is 0 Å². The SMILES string of the molecule is C=CC(C)C(C)C(C)C(C)(C)C(C)C(C)C(C)C(C)C(C)C(C)C(C)C. The third-order valence-electron chi connectivity index (χ3n) is 9.49. The summed E-state index contributed by atoms with van der Waals surface area (Å²) in [5, 5.41) is 0. The van der Waals surface area contributed by atoms with Crippen molar-refractivity contribution in [1.29, 1.82) is 0 Å². The van der Waals surface area contributed by atoms with Crippen molar-refractivity contribution in [2.24, 2.45) is 64.6 Å². The molecule has 156 valence electrons. The highest BCUT2D eigenvalue weighted by atomic mass is 14.5. The summed E-state index contributed by atoms with van der Waals surface area (Å²) in [4.78, 5) is 0. The molecule has 0 bridgehead atoms. The van der Waals surface area contributed by atoms with E-state index in [4.69, 9.17) is 0 Å². The van der Waals surface area contributed by atoms with Crippen LogP contribution >= 0.6 is 0 Å². The Morgan fingerprint density at radius 2 is 0.885 bits per heavy atom. The molecule has 0 aromatic heterocycles. The van der Waals surface area contributed by atoms with Crippen molar-refractivity contribution in [3.63, 3.8) is 0 Å². The number of allylic oxidation sites excluding steroid dienone is 1. The summed E-state index contributed by atoms with van der Waals surface area (Å²) in [6, 6.07) is 0. The largest absolute Gasteiger partial charge is 0.103 e. The topological polar surface area (TPSA) is 0 Å². The van der Waals surface area contributed by atoms with Crippen molar-refractivity contribution in [2.45, 2.75) is 90.0 Å². The smallest absolute Gasteiger partial charge is 0.0236 e. The summed E-state index contributed by atoms with van der Waals surface area (Å²) >= 11 is 0. The Labute approximate surface area is 167 Å². The van der Waals surface area contributed by atoms with E-state index in [9.17, 15) is 0 Å². The van der Waals surface area contributed by atoms with Crippen molar-refractivity contribution < 1.29 is 0 Å². The fourth-order valence-electron chi connectivity index (χ4n) is 4.94. The van der Waals surface area contributed by atoms with Crippen LogP contribution in [0.1, 0.15) is 90.0 Å². The summed E-state index contributed by atoms with van der Waals surface area (Å²) in [7, 11) is 0. The summed E-state index contributed by atoms with van der Waals surface area (Å²) in [6.45, 7) is 35.9. The van der Waals surface area contributed by atoms with E-state index in [2.05, 4.69) is 103 Å². The van der Waals surface area contributed by atoms with Gasteiger partial charge in [-0.25, -0.2) is 0 Å². The Morgan fingerprint density at radius 3 is 1.27 bits per heavy atom.